The third kappa shape index (κ3) is 1.71. The van der Waals surface area contributed by atoms with Gasteiger partial charge < -0.3 is 0 Å². The van der Waals surface area contributed by atoms with Gasteiger partial charge in [-0.05, 0) is 29.8 Å². The summed E-state index contributed by atoms with van der Waals surface area (Å²) in [5.74, 6) is -0.410. The Morgan fingerprint density at radius 1 is 1.58 bits per heavy atom. The molecular formula is C9H6ClFO. The number of hydrogen-bond donors (Lipinski definition) is 0. The molecule has 1 aromatic carbocycles. The van der Waals surface area contributed by atoms with Gasteiger partial charge in [-0.2, -0.15) is 0 Å². The fourth-order valence-corrected chi connectivity index (χ4v) is 0.940. The Balaban J connectivity index is 3.22. The van der Waals surface area contributed by atoms with Crippen LogP contribution in [0.25, 0.3) is 6.08 Å². The van der Waals surface area contributed by atoms with Crippen molar-refractivity contribution in [1.82, 2.24) is 0 Å². The molecule has 0 radical (unpaired) electrons. The third-order valence-corrected chi connectivity index (χ3v) is 1.66. The van der Waals surface area contributed by atoms with Gasteiger partial charge in [0.15, 0.2) is 0 Å². The van der Waals surface area contributed by atoms with Crippen molar-refractivity contribution in [2.75, 3.05) is 0 Å². The van der Waals surface area contributed by atoms with E-state index in [0.717, 1.165) is 0 Å². The van der Waals surface area contributed by atoms with Crippen LogP contribution >= 0.6 is 11.6 Å². The first-order valence-electron chi connectivity index (χ1n) is 3.27. The molecule has 1 rings (SSSR count). The average molecular weight is 185 g/mol. The Bertz CT molecular complexity index is 333. The van der Waals surface area contributed by atoms with E-state index in [1.165, 1.54) is 24.3 Å². The van der Waals surface area contributed by atoms with Gasteiger partial charge in [-0.15, -0.1) is 0 Å². The number of carbonyl (C=O) groups is 1. The zero-order chi connectivity index (χ0) is 9.14. The zero-order valence-electron chi connectivity index (χ0n) is 6.18. The van der Waals surface area contributed by atoms with Crippen LogP contribution in [0.5, 0.6) is 0 Å². The van der Waals surface area contributed by atoms with Crippen molar-refractivity contribution in [1.29, 1.82) is 0 Å². The average Bonchev–Trinajstić information content (AvgIpc) is 2.05. The molecule has 0 aliphatic heterocycles. The lowest BCUT2D eigenvalue weighted by Crippen LogP contribution is -1.91. The standard InChI is InChI=1S/C9H6ClFO/c1-2-6-5-7(9(10)12)3-4-8(6)11/h2-5H,1H2. The van der Waals surface area contributed by atoms with E-state index >= 15 is 0 Å². The fourth-order valence-electron chi connectivity index (χ4n) is 0.822. The largest absolute Gasteiger partial charge is 0.276 e. The predicted molar refractivity (Wildman–Crippen MR) is 46.7 cm³/mol. The molecule has 0 aliphatic rings. The van der Waals surface area contributed by atoms with E-state index in [1.807, 2.05) is 0 Å². The molecule has 0 aromatic heterocycles. The highest BCUT2D eigenvalue weighted by Gasteiger charge is 2.04. The highest BCUT2D eigenvalue weighted by molar-refractivity contribution is 6.67. The molecule has 0 saturated heterocycles. The minimum atomic E-state index is -0.599. The molecule has 62 valence electrons. The van der Waals surface area contributed by atoms with Gasteiger partial charge in [-0.1, -0.05) is 12.7 Å². The molecule has 0 N–H and O–H groups in total. The molecule has 0 heterocycles. The second kappa shape index (κ2) is 3.50. The molecule has 12 heavy (non-hydrogen) atoms. The van der Waals surface area contributed by atoms with E-state index in [9.17, 15) is 9.18 Å². The molecule has 1 aromatic rings. The van der Waals surface area contributed by atoms with E-state index < -0.39 is 11.1 Å². The lowest BCUT2D eigenvalue weighted by atomic mass is 10.1. The van der Waals surface area contributed by atoms with Crippen LogP contribution in [0.15, 0.2) is 24.8 Å². The Morgan fingerprint density at radius 3 is 2.75 bits per heavy atom. The molecule has 0 amide bonds. The molecule has 0 unspecified atom stereocenters. The first kappa shape index (κ1) is 8.94. The van der Waals surface area contributed by atoms with Crippen molar-refractivity contribution >= 4 is 22.9 Å². The molecule has 0 atom stereocenters. The number of carbonyl (C=O) groups excluding carboxylic acids is 1. The van der Waals surface area contributed by atoms with Crippen molar-refractivity contribution in [3.8, 4) is 0 Å². The van der Waals surface area contributed by atoms with Gasteiger partial charge in [-0.25, -0.2) is 4.39 Å². The van der Waals surface area contributed by atoms with Gasteiger partial charge in [-0.3, -0.25) is 4.79 Å². The van der Waals surface area contributed by atoms with Crippen LogP contribution in [0.2, 0.25) is 0 Å². The number of benzene rings is 1. The van der Waals surface area contributed by atoms with Crippen molar-refractivity contribution < 1.29 is 9.18 Å². The van der Waals surface area contributed by atoms with Gasteiger partial charge >= 0.3 is 0 Å². The minimum absolute atomic E-state index is 0.271. The normalized spacial score (nSPS) is 9.50. The summed E-state index contributed by atoms with van der Waals surface area (Å²) in [5.41, 5.74) is 0.550. The zero-order valence-corrected chi connectivity index (χ0v) is 6.94. The Kier molecular flexibility index (Phi) is 2.61. The number of halogens is 2. The SMILES string of the molecule is C=Cc1cc(C(=O)Cl)ccc1F. The van der Waals surface area contributed by atoms with Crippen molar-refractivity contribution in [3.05, 3.63) is 41.7 Å². The van der Waals surface area contributed by atoms with E-state index in [0.29, 0.717) is 0 Å². The van der Waals surface area contributed by atoms with Crippen LogP contribution in [-0.2, 0) is 0 Å². The van der Waals surface area contributed by atoms with E-state index in [4.69, 9.17) is 11.6 Å². The Labute approximate surface area is 74.5 Å². The first-order chi connectivity index (χ1) is 5.65. The lowest BCUT2D eigenvalue weighted by Gasteiger charge is -1.97. The van der Waals surface area contributed by atoms with Gasteiger partial charge in [0.25, 0.3) is 5.24 Å². The molecule has 0 spiro atoms. The summed E-state index contributed by atoms with van der Waals surface area (Å²) in [6.07, 6.45) is 1.33. The van der Waals surface area contributed by atoms with Gasteiger partial charge in [0.2, 0.25) is 0 Å². The second-order valence-corrected chi connectivity index (χ2v) is 2.56. The predicted octanol–water partition coefficient (Wildman–Crippen LogP) is 2.85. The van der Waals surface area contributed by atoms with Crippen LogP contribution in [0.3, 0.4) is 0 Å². The van der Waals surface area contributed by atoms with Crippen molar-refractivity contribution in [2.24, 2.45) is 0 Å². The maximum Gasteiger partial charge on any atom is 0.252 e. The van der Waals surface area contributed by atoms with E-state index in [-0.39, 0.29) is 11.1 Å². The number of rotatable bonds is 2. The highest BCUT2D eigenvalue weighted by Crippen LogP contribution is 2.13. The smallest absolute Gasteiger partial charge is 0.252 e. The molecule has 1 nitrogen and oxygen atoms in total. The summed E-state index contributed by atoms with van der Waals surface area (Å²) in [6.45, 7) is 3.40. The molecule has 0 saturated carbocycles. The second-order valence-electron chi connectivity index (χ2n) is 2.21. The van der Waals surface area contributed by atoms with Crippen LogP contribution in [0, 0.1) is 5.82 Å². The lowest BCUT2D eigenvalue weighted by molar-refractivity contribution is 0.108. The molecule has 3 heteroatoms. The maximum atomic E-state index is 12.8. The Morgan fingerprint density at radius 2 is 2.25 bits per heavy atom. The van der Waals surface area contributed by atoms with E-state index in [1.54, 1.807) is 0 Å². The molecule has 0 bridgehead atoms. The topological polar surface area (TPSA) is 17.1 Å². The maximum absolute atomic E-state index is 12.8. The van der Waals surface area contributed by atoms with Crippen LogP contribution in [0.4, 0.5) is 4.39 Å². The highest BCUT2D eigenvalue weighted by atomic mass is 35.5. The molecule has 0 aliphatic carbocycles. The summed E-state index contributed by atoms with van der Waals surface area (Å²) >= 11 is 5.19. The fraction of sp³-hybridized carbons (Fsp3) is 0. The first-order valence-corrected chi connectivity index (χ1v) is 3.65. The monoisotopic (exact) mass is 184 g/mol. The number of hydrogen-bond acceptors (Lipinski definition) is 1. The van der Waals surface area contributed by atoms with Crippen LogP contribution < -0.4 is 0 Å². The summed E-state index contributed by atoms with van der Waals surface area (Å²) < 4.78 is 12.8. The molecular weight excluding hydrogens is 179 g/mol. The minimum Gasteiger partial charge on any atom is -0.276 e. The van der Waals surface area contributed by atoms with Crippen LogP contribution in [0.1, 0.15) is 15.9 Å². The van der Waals surface area contributed by atoms with Gasteiger partial charge in [0, 0.05) is 11.1 Å². The third-order valence-electron chi connectivity index (χ3n) is 1.44. The Hall–Kier alpha value is -1.15. The van der Waals surface area contributed by atoms with Crippen molar-refractivity contribution in [3.63, 3.8) is 0 Å². The summed E-state index contributed by atoms with van der Waals surface area (Å²) in [4.78, 5) is 10.6. The van der Waals surface area contributed by atoms with E-state index in [2.05, 4.69) is 6.58 Å². The molecule has 0 fully saturated rings. The van der Waals surface area contributed by atoms with Gasteiger partial charge in [0.1, 0.15) is 5.82 Å². The van der Waals surface area contributed by atoms with Crippen LogP contribution in [-0.4, -0.2) is 5.24 Å². The quantitative estimate of drug-likeness (QED) is 0.646. The van der Waals surface area contributed by atoms with Gasteiger partial charge in [0.05, 0.1) is 0 Å². The summed E-state index contributed by atoms with van der Waals surface area (Å²) in [5, 5.41) is -0.599. The summed E-state index contributed by atoms with van der Waals surface area (Å²) in [7, 11) is 0. The summed E-state index contributed by atoms with van der Waals surface area (Å²) in [6, 6.07) is 3.88. The van der Waals surface area contributed by atoms with Crippen molar-refractivity contribution in [2.45, 2.75) is 0 Å².